The highest BCUT2D eigenvalue weighted by Gasteiger charge is 2.29. The van der Waals surface area contributed by atoms with E-state index in [9.17, 15) is 13.2 Å². The van der Waals surface area contributed by atoms with Gasteiger partial charge in [0.2, 0.25) is 10.0 Å². The minimum Gasteiger partial charge on any atom is -0.495 e. The van der Waals surface area contributed by atoms with Crippen LogP contribution in [0, 0.1) is 0 Å². The number of benzene rings is 2. The molecule has 0 aliphatic carbocycles. The fourth-order valence-electron chi connectivity index (χ4n) is 5.07. The first-order chi connectivity index (χ1) is 16.9. The molecule has 0 radical (unpaired) electrons. The van der Waals surface area contributed by atoms with Gasteiger partial charge in [-0.2, -0.15) is 4.31 Å². The van der Waals surface area contributed by atoms with E-state index in [1.807, 2.05) is 12.1 Å². The average molecular weight is 500 g/mol. The van der Waals surface area contributed by atoms with Crippen LogP contribution in [0.3, 0.4) is 0 Å². The predicted molar refractivity (Wildman–Crippen MR) is 139 cm³/mol. The summed E-state index contributed by atoms with van der Waals surface area (Å²) in [6.45, 7) is 3.51. The molecule has 8 heteroatoms. The van der Waals surface area contributed by atoms with Crippen molar-refractivity contribution in [3.05, 3.63) is 53.6 Å². The number of carbonyl (C=O) groups excluding carboxylic acids is 1. The number of ether oxygens (including phenoxy) is 1. The summed E-state index contributed by atoms with van der Waals surface area (Å²) >= 11 is 0. The Morgan fingerprint density at radius 1 is 0.914 bits per heavy atom. The van der Waals surface area contributed by atoms with Crippen molar-refractivity contribution >= 4 is 21.6 Å². The number of methoxy groups -OCH3 is 1. The van der Waals surface area contributed by atoms with Gasteiger partial charge in [-0.05, 0) is 61.9 Å². The molecule has 2 aromatic carbocycles. The van der Waals surface area contributed by atoms with E-state index < -0.39 is 10.0 Å². The first-order valence-corrected chi connectivity index (χ1v) is 14.1. The van der Waals surface area contributed by atoms with Crippen molar-refractivity contribution in [2.75, 3.05) is 45.2 Å². The minimum absolute atomic E-state index is 0.0647. The Hall–Kier alpha value is -2.58. The topological polar surface area (TPSA) is 70.2 Å². The smallest absolute Gasteiger partial charge is 0.253 e. The molecular weight excluding hydrogens is 462 g/mol. The summed E-state index contributed by atoms with van der Waals surface area (Å²) in [7, 11) is -0.532. The Morgan fingerprint density at radius 3 is 2.23 bits per heavy atom. The lowest BCUT2D eigenvalue weighted by Gasteiger charge is -2.31. The molecule has 0 N–H and O–H groups in total. The number of hydrogen-bond donors (Lipinski definition) is 0. The van der Waals surface area contributed by atoms with Crippen LogP contribution in [-0.4, -0.2) is 63.9 Å². The van der Waals surface area contributed by atoms with Crippen molar-refractivity contribution in [3.63, 3.8) is 0 Å². The monoisotopic (exact) mass is 499 g/mol. The van der Waals surface area contributed by atoms with Crippen molar-refractivity contribution in [1.82, 2.24) is 9.21 Å². The van der Waals surface area contributed by atoms with Crippen LogP contribution in [0.1, 0.15) is 60.9 Å². The third-order valence-corrected chi connectivity index (χ3v) is 8.96. The van der Waals surface area contributed by atoms with Crippen molar-refractivity contribution in [1.29, 1.82) is 0 Å². The second-order valence-corrected chi connectivity index (χ2v) is 11.4. The lowest BCUT2D eigenvalue weighted by molar-refractivity contribution is 0.0785. The molecule has 0 aromatic heterocycles. The Kier molecular flexibility index (Phi) is 8.34. The van der Waals surface area contributed by atoms with E-state index in [0.717, 1.165) is 44.3 Å². The number of para-hydroxylation sites is 1. The second-order valence-electron chi connectivity index (χ2n) is 9.52. The summed E-state index contributed by atoms with van der Waals surface area (Å²) in [5, 5.41) is 0. The van der Waals surface area contributed by atoms with E-state index in [4.69, 9.17) is 4.74 Å². The maximum atomic E-state index is 13.5. The van der Waals surface area contributed by atoms with Crippen LogP contribution in [0.25, 0.3) is 0 Å². The predicted octanol–water partition coefficient (Wildman–Crippen LogP) is 4.52. The maximum absolute atomic E-state index is 13.5. The van der Waals surface area contributed by atoms with Gasteiger partial charge in [0, 0.05) is 51.0 Å². The molecule has 4 rings (SSSR count). The van der Waals surface area contributed by atoms with E-state index in [2.05, 4.69) is 17.0 Å². The highest BCUT2D eigenvalue weighted by Crippen LogP contribution is 2.30. The molecule has 1 amide bonds. The number of nitrogens with zero attached hydrogens (tertiary/aromatic N) is 3. The molecule has 2 aliphatic rings. The van der Waals surface area contributed by atoms with Crippen LogP contribution in [0.5, 0.6) is 5.75 Å². The van der Waals surface area contributed by atoms with Crippen molar-refractivity contribution in [2.24, 2.45) is 0 Å². The van der Waals surface area contributed by atoms with Gasteiger partial charge in [0.05, 0.1) is 7.11 Å². The van der Waals surface area contributed by atoms with Gasteiger partial charge in [-0.3, -0.25) is 4.79 Å². The summed E-state index contributed by atoms with van der Waals surface area (Å²) in [5.74, 6) is 0.0531. The minimum atomic E-state index is -3.76. The lowest BCUT2D eigenvalue weighted by atomic mass is 10.1. The molecular formula is C27H37N3O4S. The summed E-state index contributed by atoms with van der Waals surface area (Å²) in [6, 6.07) is 13.0. The van der Waals surface area contributed by atoms with Crippen molar-refractivity contribution in [2.45, 2.75) is 56.4 Å². The van der Waals surface area contributed by atoms with Crippen molar-refractivity contribution in [3.8, 4) is 5.75 Å². The number of piperidine rings is 1. The number of hydrogen-bond acceptors (Lipinski definition) is 5. The van der Waals surface area contributed by atoms with E-state index in [-0.39, 0.29) is 16.6 Å². The van der Waals surface area contributed by atoms with E-state index in [1.54, 1.807) is 24.1 Å². The van der Waals surface area contributed by atoms with Crippen LogP contribution in [-0.2, 0) is 16.6 Å². The van der Waals surface area contributed by atoms with E-state index >= 15 is 0 Å². The lowest BCUT2D eigenvalue weighted by Crippen LogP contribution is -2.33. The molecule has 0 atom stereocenters. The first kappa shape index (κ1) is 25.5. The second kappa shape index (κ2) is 11.4. The Morgan fingerprint density at radius 2 is 1.54 bits per heavy atom. The molecule has 2 heterocycles. The number of sulfonamides is 1. The molecule has 7 nitrogen and oxygen atoms in total. The van der Waals surface area contributed by atoms with Crippen LogP contribution in [0.2, 0.25) is 0 Å². The standard InChI is InChI=1S/C27H37N3O4S/c1-28(21-23-12-6-7-13-24(23)29-16-8-5-9-17-29)27(31)22-14-15-25(34-2)26(20-22)35(32,33)30-18-10-3-4-11-19-30/h6-7,12-15,20H,3-5,8-11,16-19,21H2,1-2H3. The molecule has 0 saturated carbocycles. The van der Waals surface area contributed by atoms with Gasteiger partial charge < -0.3 is 14.5 Å². The fourth-order valence-corrected chi connectivity index (χ4v) is 6.77. The number of amides is 1. The largest absolute Gasteiger partial charge is 0.495 e. The van der Waals surface area contributed by atoms with Gasteiger partial charge >= 0.3 is 0 Å². The Balaban J connectivity index is 1.57. The third kappa shape index (κ3) is 5.81. The average Bonchev–Trinajstić information content (AvgIpc) is 3.19. The van der Waals surface area contributed by atoms with Crippen LogP contribution >= 0.6 is 0 Å². The highest BCUT2D eigenvalue weighted by molar-refractivity contribution is 7.89. The highest BCUT2D eigenvalue weighted by atomic mass is 32.2. The van der Waals surface area contributed by atoms with E-state index in [0.29, 0.717) is 25.2 Å². The van der Waals surface area contributed by atoms with Crippen molar-refractivity contribution < 1.29 is 17.9 Å². The van der Waals surface area contributed by atoms with Gasteiger partial charge in [-0.15, -0.1) is 0 Å². The third-order valence-electron chi connectivity index (χ3n) is 7.04. The molecule has 0 spiro atoms. The zero-order chi connectivity index (χ0) is 24.8. The quantitative estimate of drug-likeness (QED) is 0.560. The number of carbonyl (C=O) groups is 1. The van der Waals surface area contributed by atoms with Crippen LogP contribution in [0.4, 0.5) is 5.69 Å². The maximum Gasteiger partial charge on any atom is 0.253 e. The number of anilines is 1. The summed E-state index contributed by atoms with van der Waals surface area (Å²) in [6.07, 6.45) is 7.39. The van der Waals surface area contributed by atoms with Gasteiger partial charge in [0.1, 0.15) is 10.6 Å². The summed E-state index contributed by atoms with van der Waals surface area (Å²) in [4.78, 5) is 17.5. The molecule has 190 valence electrons. The van der Waals surface area contributed by atoms with Gasteiger partial charge in [-0.1, -0.05) is 31.0 Å². The SMILES string of the molecule is COc1ccc(C(=O)N(C)Cc2ccccc2N2CCCCC2)cc1S(=O)(=O)N1CCCCCC1. The van der Waals surface area contributed by atoms with Crippen LogP contribution < -0.4 is 9.64 Å². The molecule has 35 heavy (non-hydrogen) atoms. The fraction of sp³-hybridized carbons (Fsp3) is 0.519. The normalized spacial score (nSPS) is 17.6. The van der Waals surface area contributed by atoms with E-state index in [1.165, 1.54) is 42.4 Å². The van der Waals surface area contributed by atoms with Gasteiger partial charge in [0.15, 0.2) is 0 Å². The molecule has 2 saturated heterocycles. The molecule has 0 bridgehead atoms. The van der Waals surface area contributed by atoms with Gasteiger partial charge in [-0.25, -0.2) is 8.42 Å². The summed E-state index contributed by atoms with van der Waals surface area (Å²) < 4.78 is 33.9. The first-order valence-electron chi connectivity index (χ1n) is 12.7. The molecule has 2 aliphatic heterocycles. The van der Waals surface area contributed by atoms with Crippen LogP contribution in [0.15, 0.2) is 47.4 Å². The molecule has 2 fully saturated rings. The molecule has 2 aromatic rings. The van der Waals surface area contributed by atoms with Gasteiger partial charge in [0.25, 0.3) is 5.91 Å². The zero-order valence-corrected chi connectivity index (χ0v) is 21.7. The Bertz CT molecular complexity index is 1120. The number of rotatable bonds is 7. The summed E-state index contributed by atoms with van der Waals surface area (Å²) in [5.41, 5.74) is 2.61. The zero-order valence-electron chi connectivity index (χ0n) is 20.9. The Labute approximate surface area is 209 Å². The molecule has 0 unspecified atom stereocenters.